The van der Waals surface area contributed by atoms with Crippen molar-refractivity contribution in [3.05, 3.63) is 18.2 Å². The summed E-state index contributed by atoms with van der Waals surface area (Å²) in [6, 6.07) is 0. The Labute approximate surface area is 64.1 Å². The van der Waals surface area contributed by atoms with E-state index in [0.29, 0.717) is 5.88 Å². The van der Waals surface area contributed by atoms with Gasteiger partial charge in [0.25, 0.3) is 0 Å². The highest BCUT2D eigenvalue weighted by atomic mass is 35.5. The average molecular weight is 158 g/mol. The summed E-state index contributed by atoms with van der Waals surface area (Å²) in [6.07, 6.45) is 6.14. The molecule has 1 N–H and O–H groups in total. The summed E-state index contributed by atoms with van der Waals surface area (Å²) in [5, 5.41) is 6.39. The maximum absolute atomic E-state index is 5.44. The van der Waals surface area contributed by atoms with Crippen molar-refractivity contribution >= 4 is 17.7 Å². The van der Waals surface area contributed by atoms with E-state index in [9.17, 15) is 0 Å². The largest absolute Gasteiger partial charge is 0.260 e. The molecule has 0 bridgehead atoms. The topological polar surface area (TPSA) is 41.6 Å². The van der Waals surface area contributed by atoms with Crippen LogP contribution in [0.3, 0.4) is 0 Å². The molecule has 4 heteroatoms. The van der Waals surface area contributed by atoms with Gasteiger partial charge in [-0.15, -0.1) is 11.6 Å². The summed E-state index contributed by atoms with van der Waals surface area (Å²) in [5.41, 5.74) is 0. The first-order chi connectivity index (χ1) is 4.93. The third kappa shape index (κ3) is 2.19. The molecule has 0 fully saturated rings. The molecule has 0 saturated carbocycles. The lowest BCUT2D eigenvalue weighted by molar-refractivity contribution is 1.08. The van der Waals surface area contributed by atoms with Crippen molar-refractivity contribution in [1.29, 1.82) is 0 Å². The molecule has 1 rings (SSSR count). The van der Waals surface area contributed by atoms with Gasteiger partial charge in [0, 0.05) is 5.88 Å². The molecule has 54 valence electrons. The molecule has 0 amide bonds. The first kappa shape index (κ1) is 7.28. The van der Waals surface area contributed by atoms with Crippen LogP contribution in [0.1, 0.15) is 12.2 Å². The normalized spacial score (nSPS) is 10.9. The van der Waals surface area contributed by atoms with E-state index >= 15 is 0 Å². The number of rotatable bonds is 3. The minimum absolute atomic E-state index is 0.643. The third-order valence-corrected chi connectivity index (χ3v) is 1.20. The fourth-order valence-corrected chi connectivity index (χ4v) is 0.679. The highest BCUT2D eigenvalue weighted by Gasteiger charge is 1.84. The van der Waals surface area contributed by atoms with Crippen LogP contribution >= 0.6 is 11.6 Å². The Bertz CT molecular complexity index is 193. The smallest absolute Gasteiger partial charge is 0.147 e. The van der Waals surface area contributed by atoms with Gasteiger partial charge in [0.1, 0.15) is 12.2 Å². The number of allylic oxidation sites excluding steroid dienone is 1. The summed E-state index contributed by atoms with van der Waals surface area (Å²) >= 11 is 5.44. The molecule has 1 aromatic heterocycles. The number of nitrogens with zero attached hydrogens (tertiary/aromatic N) is 2. The van der Waals surface area contributed by atoms with Gasteiger partial charge in [-0.2, -0.15) is 5.10 Å². The second kappa shape index (κ2) is 4.06. The van der Waals surface area contributed by atoms with E-state index in [1.165, 1.54) is 6.33 Å². The van der Waals surface area contributed by atoms with E-state index in [1.54, 1.807) is 0 Å². The molecule has 0 aliphatic carbocycles. The summed E-state index contributed by atoms with van der Waals surface area (Å²) in [7, 11) is 0. The van der Waals surface area contributed by atoms with E-state index in [-0.39, 0.29) is 0 Å². The monoisotopic (exact) mass is 157 g/mol. The molecule has 0 unspecified atom stereocenters. The molecule has 10 heavy (non-hydrogen) atoms. The van der Waals surface area contributed by atoms with Crippen LogP contribution in [0.25, 0.3) is 6.08 Å². The fraction of sp³-hybridized carbons (Fsp3) is 0.333. The number of H-pyrrole nitrogens is 1. The quantitative estimate of drug-likeness (QED) is 0.675. The number of aromatic nitrogens is 3. The first-order valence-corrected chi connectivity index (χ1v) is 3.55. The molecular formula is C6H8ClN3. The minimum Gasteiger partial charge on any atom is -0.260 e. The Morgan fingerprint density at radius 3 is 3.20 bits per heavy atom. The van der Waals surface area contributed by atoms with E-state index < -0.39 is 0 Å². The molecule has 1 aromatic rings. The number of hydrogen-bond donors (Lipinski definition) is 1. The maximum Gasteiger partial charge on any atom is 0.147 e. The summed E-state index contributed by atoms with van der Waals surface area (Å²) in [4.78, 5) is 3.89. The van der Waals surface area contributed by atoms with Crippen molar-refractivity contribution in [3.8, 4) is 0 Å². The van der Waals surface area contributed by atoms with E-state index in [4.69, 9.17) is 11.6 Å². The highest BCUT2D eigenvalue weighted by Crippen LogP contribution is 1.93. The zero-order valence-electron chi connectivity index (χ0n) is 5.42. The number of aromatic amines is 1. The lowest BCUT2D eigenvalue weighted by Gasteiger charge is -1.81. The molecular weight excluding hydrogens is 150 g/mol. The van der Waals surface area contributed by atoms with Crippen LogP contribution in [-0.2, 0) is 0 Å². The van der Waals surface area contributed by atoms with Crippen molar-refractivity contribution in [2.24, 2.45) is 0 Å². The standard InChI is InChI=1S/C6H8ClN3/c7-4-2-1-3-6-8-5-9-10-6/h1,3,5H,2,4H2,(H,8,9,10). The van der Waals surface area contributed by atoms with Gasteiger partial charge in [-0.3, -0.25) is 5.10 Å². The molecule has 0 radical (unpaired) electrons. The fourth-order valence-electron chi connectivity index (χ4n) is 0.553. The Kier molecular flexibility index (Phi) is 2.96. The number of alkyl halides is 1. The lowest BCUT2D eigenvalue weighted by Crippen LogP contribution is -1.74. The molecule has 0 saturated heterocycles. The zero-order valence-corrected chi connectivity index (χ0v) is 6.17. The van der Waals surface area contributed by atoms with Crippen LogP contribution in [0.5, 0.6) is 0 Å². The van der Waals surface area contributed by atoms with Crippen LogP contribution in [0.2, 0.25) is 0 Å². The summed E-state index contributed by atoms with van der Waals surface area (Å²) in [5.74, 6) is 1.41. The third-order valence-electron chi connectivity index (χ3n) is 0.985. The Balaban J connectivity index is 2.40. The van der Waals surface area contributed by atoms with Gasteiger partial charge in [-0.05, 0) is 12.5 Å². The van der Waals surface area contributed by atoms with Crippen LogP contribution < -0.4 is 0 Å². The van der Waals surface area contributed by atoms with Crippen molar-refractivity contribution in [1.82, 2.24) is 15.2 Å². The number of hydrogen-bond acceptors (Lipinski definition) is 2. The molecule has 0 aromatic carbocycles. The highest BCUT2D eigenvalue weighted by molar-refractivity contribution is 6.17. The second-order valence-corrected chi connectivity index (χ2v) is 2.13. The van der Waals surface area contributed by atoms with Crippen molar-refractivity contribution in [3.63, 3.8) is 0 Å². The predicted molar refractivity (Wildman–Crippen MR) is 40.8 cm³/mol. The van der Waals surface area contributed by atoms with Gasteiger partial charge >= 0.3 is 0 Å². The number of nitrogens with one attached hydrogen (secondary N) is 1. The van der Waals surface area contributed by atoms with Gasteiger partial charge in [0.2, 0.25) is 0 Å². The van der Waals surface area contributed by atoms with Gasteiger partial charge in [-0.1, -0.05) is 6.08 Å². The van der Waals surface area contributed by atoms with E-state index in [0.717, 1.165) is 12.2 Å². The molecule has 3 nitrogen and oxygen atoms in total. The van der Waals surface area contributed by atoms with Gasteiger partial charge in [0.15, 0.2) is 0 Å². The molecule has 0 aliphatic rings. The molecule has 0 spiro atoms. The van der Waals surface area contributed by atoms with Crippen molar-refractivity contribution in [2.45, 2.75) is 6.42 Å². The van der Waals surface area contributed by atoms with Gasteiger partial charge < -0.3 is 0 Å². The number of halogens is 1. The predicted octanol–water partition coefficient (Wildman–Crippen LogP) is 1.45. The van der Waals surface area contributed by atoms with Crippen LogP contribution in [-0.4, -0.2) is 21.1 Å². The molecule has 1 heterocycles. The van der Waals surface area contributed by atoms with Gasteiger partial charge in [-0.25, -0.2) is 4.98 Å². The maximum atomic E-state index is 5.44. The average Bonchev–Trinajstić information content (AvgIpc) is 2.41. The molecule has 0 aliphatic heterocycles. The van der Waals surface area contributed by atoms with E-state index in [1.807, 2.05) is 12.2 Å². The van der Waals surface area contributed by atoms with Crippen molar-refractivity contribution in [2.75, 3.05) is 5.88 Å². The summed E-state index contributed by atoms with van der Waals surface area (Å²) in [6.45, 7) is 0. The minimum atomic E-state index is 0.643. The lowest BCUT2D eigenvalue weighted by atomic mass is 10.4. The van der Waals surface area contributed by atoms with Crippen LogP contribution in [0, 0.1) is 0 Å². The SMILES string of the molecule is ClCCC=Cc1ncn[nH]1. The Morgan fingerprint density at radius 1 is 1.70 bits per heavy atom. The van der Waals surface area contributed by atoms with Gasteiger partial charge in [0.05, 0.1) is 0 Å². The van der Waals surface area contributed by atoms with Crippen LogP contribution in [0.15, 0.2) is 12.4 Å². The second-order valence-electron chi connectivity index (χ2n) is 1.75. The first-order valence-electron chi connectivity index (χ1n) is 3.01. The Morgan fingerprint density at radius 2 is 2.60 bits per heavy atom. The van der Waals surface area contributed by atoms with Crippen LogP contribution in [0.4, 0.5) is 0 Å². The molecule has 0 atom stereocenters. The van der Waals surface area contributed by atoms with E-state index in [2.05, 4.69) is 15.2 Å². The Hall–Kier alpha value is -0.830. The van der Waals surface area contributed by atoms with Crippen molar-refractivity contribution < 1.29 is 0 Å². The zero-order chi connectivity index (χ0) is 7.23. The summed E-state index contributed by atoms with van der Waals surface area (Å²) < 4.78 is 0.